The van der Waals surface area contributed by atoms with E-state index in [1.807, 2.05) is 0 Å². The monoisotopic (exact) mass is 350 g/mol. The number of anilines is 1. The van der Waals surface area contributed by atoms with Gasteiger partial charge in [-0.05, 0) is 31.2 Å². The number of carbonyl (C=O) groups excluding carboxylic acids is 2. The Morgan fingerprint density at radius 3 is 2.72 bits per heavy atom. The Morgan fingerprint density at radius 1 is 1.28 bits per heavy atom. The minimum absolute atomic E-state index is 0.272. The first-order valence-electron chi connectivity index (χ1n) is 8.39. The maximum Gasteiger partial charge on any atom is 0.319 e. The van der Waals surface area contributed by atoms with Crippen LogP contribution in [0.3, 0.4) is 0 Å². The lowest BCUT2D eigenvalue weighted by molar-refractivity contribution is 0.0375. The quantitative estimate of drug-likeness (QED) is 0.636. The summed E-state index contributed by atoms with van der Waals surface area (Å²) in [6, 6.07) is 4.64. The van der Waals surface area contributed by atoms with Gasteiger partial charge in [0.15, 0.2) is 0 Å². The van der Waals surface area contributed by atoms with E-state index in [0.29, 0.717) is 23.5 Å². The van der Waals surface area contributed by atoms with Gasteiger partial charge in [-0.1, -0.05) is 0 Å². The van der Waals surface area contributed by atoms with Crippen LogP contribution in [0, 0.1) is 0 Å². The van der Waals surface area contributed by atoms with E-state index >= 15 is 0 Å². The van der Waals surface area contributed by atoms with Crippen molar-refractivity contribution in [1.82, 2.24) is 15.5 Å². The molecule has 0 aliphatic carbocycles. The van der Waals surface area contributed by atoms with Crippen molar-refractivity contribution in [3.8, 4) is 5.75 Å². The molecule has 25 heavy (non-hydrogen) atoms. The van der Waals surface area contributed by atoms with E-state index in [1.54, 1.807) is 25.2 Å². The van der Waals surface area contributed by atoms with Gasteiger partial charge < -0.3 is 25.4 Å². The third-order valence-corrected chi connectivity index (χ3v) is 3.97. The SMILES string of the molecule is CNC(=O)c1cc(NC(=O)NCCCN2CCOCC2)ccc1OC. The first-order valence-corrected chi connectivity index (χ1v) is 8.39. The van der Waals surface area contributed by atoms with Crippen molar-refractivity contribution >= 4 is 17.6 Å². The minimum atomic E-state index is -0.296. The van der Waals surface area contributed by atoms with Crippen LogP contribution in [0.25, 0.3) is 0 Å². The Bertz CT molecular complexity index is 588. The van der Waals surface area contributed by atoms with Gasteiger partial charge in [-0.25, -0.2) is 4.79 Å². The van der Waals surface area contributed by atoms with E-state index in [0.717, 1.165) is 39.3 Å². The molecule has 1 aliphatic heterocycles. The van der Waals surface area contributed by atoms with E-state index in [4.69, 9.17) is 9.47 Å². The molecule has 1 fully saturated rings. The summed E-state index contributed by atoms with van der Waals surface area (Å²) in [6.07, 6.45) is 0.875. The number of nitrogens with zero attached hydrogens (tertiary/aromatic N) is 1. The van der Waals surface area contributed by atoms with Crippen LogP contribution in [0.5, 0.6) is 5.75 Å². The fourth-order valence-corrected chi connectivity index (χ4v) is 2.60. The number of hydrogen-bond acceptors (Lipinski definition) is 5. The molecule has 2 rings (SSSR count). The average molecular weight is 350 g/mol. The summed E-state index contributed by atoms with van der Waals surface area (Å²) in [5, 5.41) is 8.10. The number of carbonyl (C=O) groups is 2. The third kappa shape index (κ3) is 5.91. The zero-order valence-electron chi connectivity index (χ0n) is 14.8. The molecule has 1 saturated heterocycles. The van der Waals surface area contributed by atoms with Gasteiger partial charge in [-0.3, -0.25) is 9.69 Å². The van der Waals surface area contributed by atoms with Crippen LogP contribution in [0.15, 0.2) is 18.2 Å². The van der Waals surface area contributed by atoms with Crippen molar-refractivity contribution in [2.45, 2.75) is 6.42 Å². The van der Waals surface area contributed by atoms with Crippen LogP contribution in [-0.4, -0.2) is 70.4 Å². The van der Waals surface area contributed by atoms with Crippen LogP contribution in [0.4, 0.5) is 10.5 Å². The number of morpholine rings is 1. The first-order chi connectivity index (χ1) is 12.1. The zero-order valence-corrected chi connectivity index (χ0v) is 14.8. The van der Waals surface area contributed by atoms with Crippen LogP contribution < -0.4 is 20.7 Å². The summed E-state index contributed by atoms with van der Waals surface area (Å²) in [5.74, 6) is 0.183. The van der Waals surface area contributed by atoms with Gasteiger partial charge in [0.1, 0.15) is 5.75 Å². The maximum atomic E-state index is 12.0. The molecule has 0 atom stereocenters. The number of amides is 3. The predicted molar refractivity (Wildman–Crippen MR) is 95.3 cm³/mol. The van der Waals surface area contributed by atoms with Gasteiger partial charge in [-0.2, -0.15) is 0 Å². The summed E-state index contributed by atoms with van der Waals surface area (Å²) in [7, 11) is 3.04. The van der Waals surface area contributed by atoms with Gasteiger partial charge in [-0.15, -0.1) is 0 Å². The Kier molecular flexibility index (Phi) is 7.49. The van der Waals surface area contributed by atoms with Crippen molar-refractivity contribution in [2.75, 3.05) is 58.9 Å². The number of ether oxygens (including phenoxy) is 2. The summed E-state index contributed by atoms with van der Waals surface area (Å²) in [4.78, 5) is 26.2. The molecule has 0 spiro atoms. The molecule has 3 amide bonds. The van der Waals surface area contributed by atoms with Gasteiger partial charge in [0.05, 0.1) is 25.9 Å². The van der Waals surface area contributed by atoms with E-state index in [2.05, 4.69) is 20.9 Å². The molecular formula is C17H26N4O4. The molecule has 138 valence electrons. The Labute approximate surface area is 147 Å². The van der Waals surface area contributed by atoms with Gasteiger partial charge in [0.2, 0.25) is 0 Å². The van der Waals surface area contributed by atoms with E-state index in [9.17, 15) is 9.59 Å². The normalized spacial score (nSPS) is 14.6. The highest BCUT2D eigenvalue weighted by molar-refractivity contribution is 5.99. The van der Waals surface area contributed by atoms with Crippen LogP contribution >= 0.6 is 0 Å². The molecule has 0 unspecified atom stereocenters. The van der Waals surface area contributed by atoms with E-state index in [-0.39, 0.29) is 11.9 Å². The second-order valence-electron chi connectivity index (χ2n) is 5.68. The molecule has 1 aliphatic rings. The van der Waals surface area contributed by atoms with Crippen LogP contribution in [0.2, 0.25) is 0 Å². The van der Waals surface area contributed by atoms with Crippen molar-refractivity contribution in [2.24, 2.45) is 0 Å². The third-order valence-electron chi connectivity index (χ3n) is 3.97. The average Bonchev–Trinajstić information content (AvgIpc) is 2.65. The molecule has 8 heteroatoms. The summed E-state index contributed by atoms with van der Waals surface area (Å²) in [5.41, 5.74) is 0.903. The molecular weight excluding hydrogens is 324 g/mol. The number of hydrogen-bond donors (Lipinski definition) is 3. The Hall–Kier alpha value is -2.32. The molecule has 3 N–H and O–H groups in total. The van der Waals surface area contributed by atoms with Gasteiger partial charge in [0, 0.05) is 32.4 Å². The van der Waals surface area contributed by atoms with Gasteiger partial charge >= 0.3 is 6.03 Å². The maximum absolute atomic E-state index is 12.0. The number of urea groups is 1. The molecule has 0 bridgehead atoms. The second-order valence-corrected chi connectivity index (χ2v) is 5.68. The fourth-order valence-electron chi connectivity index (χ4n) is 2.60. The van der Waals surface area contributed by atoms with Gasteiger partial charge in [0.25, 0.3) is 5.91 Å². The van der Waals surface area contributed by atoms with Crippen molar-refractivity contribution in [1.29, 1.82) is 0 Å². The topological polar surface area (TPSA) is 91.9 Å². The van der Waals surface area contributed by atoms with E-state index < -0.39 is 0 Å². The number of rotatable bonds is 7. The number of methoxy groups -OCH3 is 1. The van der Waals surface area contributed by atoms with Crippen LogP contribution in [-0.2, 0) is 4.74 Å². The summed E-state index contributed by atoms with van der Waals surface area (Å²) in [6.45, 7) is 4.97. The van der Waals surface area contributed by atoms with Crippen molar-refractivity contribution in [3.05, 3.63) is 23.8 Å². The summed E-state index contributed by atoms with van der Waals surface area (Å²) < 4.78 is 10.5. The minimum Gasteiger partial charge on any atom is -0.496 e. The number of nitrogens with one attached hydrogen (secondary N) is 3. The fraction of sp³-hybridized carbons (Fsp3) is 0.529. The predicted octanol–water partition coefficient (Wildman–Crippen LogP) is 0.899. The second kappa shape index (κ2) is 9.85. The molecule has 1 aromatic carbocycles. The largest absolute Gasteiger partial charge is 0.496 e. The zero-order chi connectivity index (χ0) is 18.1. The summed E-state index contributed by atoms with van der Waals surface area (Å²) >= 11 is 0. The molecule has 0 radical (unpaired) electrons. The van der Waals surface area contributed by atoms with Crippen molar-refractivity contribution in [3.63, 3.8) is 0 Å². The Balaban J connectivity index is 1.78. The Morgan fingerprint density at radius 2 is 2.04 bits per heavy atom. The first kappa shape index (κ1) is 19.0. The smallest absolute Gasteiger partial charge is 0.319 e. The standard InChI is InChI=1S/C17H26N4O4/c1-18-16(22)14-12-13(4-5-15(14)24-2)20-17(23)19-6-3-7-21-8-10-25-11-9-21/h4-5,12H,3,6-11H2,1-2H3,(H,18,22)(H2,19,20,23). The molecule has 1 heterocycles. The van der Waals surface area contributed by atoms with Crippen LogP contribution in [0.1, 0.15) is 16.8 Å². The molecule has 8 nitrogen and oxygen atoms in total. The lowest BCUT2D eigenvalue weighted by Crippen LogP contribution is -2.38. The molecule has 0 aromatic heterocycles. The highest BCUT2D eigenvalue weighted by atomic mass is 16.5. The van der Waals surface area contributed by atoms with Crippen molar-refractivity contribution < 1.29 is 19.1 Å². The highest BCUT2D eigenvalue weighted by Crippen LogP contribution is 2.22. The van der Waals surface area contributed by atoms with E-state index in [1.165, 1.54) is 7.11 Å². The lowest BCUT2D eigenvalue weighted by atomic mass is 10.1. The number of benzene rings is 1. The lowest BCUT2D eigenvalue weighted by Gasteiger charge is -2.26. The molecule has 0 saturated carbocycles. The highest BCUT2D eigenvalue weighted by Gasteiger charge is 2.13. The molecule has 1 aromatic rings.